The summed E-state index contributed by atoms with van der Waals surface area (Å²) in [4.78, 5) is 3.03. The molecule has 0 aromatic carbocycles. The maximum atomic E-state index is 3.91. The van der Waals surface area contributed by atoms with Gasteiger partial charge in [-0.3, -0.25) is 0 Å². The molecule has 0 atom stereocenters. The molecule has 0 amide bonds. The van der Waals surface area contributed by atoms with Gasteiger partial charge in [0.25, 0.3) is 0 Å². The number of hydrogen-bond acceptors (Lipinski definition) is 2. The van der Waals surface area contributed by atoms with Gasteiger partial charge >= 0.3 is 0 Å². The second-order valence-corrected chi connectivity index (χ2v) is 2.76. The van der Waals surface area contributed by atoms with Crippen LogP contribution >= 0.6 is 15.9 Å². The van der Waals surface area contributed by atoms with E-state index >= 15 is 0 Å². The van der Waals surface area contributed by atoms with E-state index in [4.69, 9.17) is 0 Å². The highest BCUT2D eigenvalue weighted by Crippen LogP contribution is 2.11. The fourth-order valence-electron chi connectivity index (χ4n) is 0.827. The van der Waals surface area contributed by atoms with Gasteiger partial charge in [0.15, 0.2) is 0 Å². The van der Waals surface area contributed by atoms with E-state index in [0.29, 0.717) is 0 Å². The molecule has 1 N–H and O–H groups in total. The molecule has 0 bridgehead atoms. The SMILES string of the molecule is Brc1cc2[nH]ccc2nn1. The van der Waals surface area contributed by atoms with Gasteiger partial charge in [-0.2, -0.15) is 0 Å². The topological polar surface area (TPSA) is 41.6 Å². The lowest BCUT2D eigenvalue weighted by Gasteiger charge is -1.86. The number of hydrogen-bond donors (Lipinski definition) is 1. The van der Waals surface area contributed by atoms with Gasteiger partial charge in [0.2, 0.25) is 0 Å². The van der Waals surface area contributed by atoms with Crippen molar-refractivity contribution < 1.29 is 0 Å². The molecule has 2 heterocycles. The van der Waals surface area contributed by atoms with Crippen molar-refractivity contribution >= 4 is 27.0 Å². The van der Waals surface area contributed by atoms with Crippen LogP contribution in [0.5, 0.6) is 0 Å². The van der Waals surface area contributed by atoms with E-state index in [1.807, 2.05) is 18.3 Å². The molecule has 0 aliphatic heterocycles. The fourth-order valence-corrected chi connectivity index (χ4v) is 1.13. The molecular formula is C6H4BrN3. The molecule has 0 radical (unpaired) electrons. The smallest absolute Gasteiger partial charge is 0.130 e. The molecule has 0 fully saturated rings. The van der Waals surface area contributed by atoms with Crippen molar-refractivity contribution in [2.45, 2.75) is 0 Å². The third kappa shape index (κ3) is 0.806. The van der Waals surface area contributed by atoms with Gasteiger partial charge < -0.3 is 4.98 Å². The zero-order valence-electron chi connectivity index (χ0n) is 5.00. The van der Waals surface area contributed by atoms with Crippen LogP contribution < -0.4 is 0 Å². The molecule has 50 valence electrons. The van der Waals surface area contributed by atoms with Crippen molar-refractivity contribution in [3.63, 3.8) is 0 Å². The summed E-state index contributed by atoms with van der Waals surface area (Å²) in [6.45, 7) is 0. The van der Waals surface area contributed by atoms with Crippen molar-refractivity contribution in [2.75, 3.05) is 0 Å². The Labute approximate surface area is 65.6 Å². The Bertz CT molecular complexity index is 355. The van der Waals surface area contributed by atoms with Gasteiger partial charge in [0.05, 0.1) is 5.52 Å². The first-order chi connectivity index (χ1) is 4.86. The number of nitrogens with zero attached hydrogens (tertiary/aromatic N) is 2. The molecule has 0 saturated heterocycles. The molecule has 2 rings (SSSR count). The van der Waals surface area contributed by atoms with Crippen LogP contribution in [-0.2, 0) is 0 Å². The second kappa shape index (κ2) is 2.05. The molecule has 2 aromatic heterocycles. The number of H-pyrrole nitrogens is 1. The summed E-state index contributed by atoms with van der Waals surface area (Å²) >= 11 is 3.22. The number of fused-ring (bicyclic) bond motifs is 1. The number of nitrogens with one attached hydrogen (secondary N) is 1. The molecule has 0 aliphatic carbocycles. The monoisotopic (exact) mass is 197 g/mol. The molecular weight excluding hydrogens is 194 g/mol. The summed E-state index contributed by atoms with van der Waals surface area (Å²) in [7, 11) is 0. The fraction of sp³-hybridized carbons (Fsp3) is 0. The highest BCUT2D eigenvalue weighted by atomic mass is 79.9. The lowest BCUT2D eigenvalue weighted by atomic mass is 10.4. The normalized spacial score (nSPS) is 10.5. The van der Waals surface area contributed by atoms with E-state index in [1.165, 1.54) is 0 Å². The van der Waals surface area contributed by atoms with E-state index < -0.39 is 0 Å². The lowest BCUT2D eigenvalue weighted by Crippen LogP contribution is -1.80. The number of rotatable bonds is 0. The van der Waals surface area contributed by atoms with E-state index in [0.717, 1.165) is 15.6 Å². The van der Waals surface area contributed by atoms with Crippen LogP contribution in [0.2, 0.25) is 0 Å². The van der Waals surface area contributed by atoms with E-state index in [-0.39, 0.29) is 0 Å². The van der Waals surface area contributed by atoms with Gasteiger partial charge in [-0.05, 0) is 28.1 Å². The Hall–Kier alpha value is -0.900. The second-order valence-electron chi connectivity index (χ2n) is 1.94. The predicted octanol–water partition coefficient (Wildman–Crippen LogP) is 1.72. The maximum absolute atomic E-state index is 3.91. The average Bonchev–Trinajstić information content (AvgIpc) is 2.33. The van der Waals surface area contributed by atoms with Gasteiger partial charge in [0, 0.05) is 6.20 Å². The minimum Gasteiger partial charge on any atom is -0.360 e. The lowest BCUT2D eigenvalue weighted by molar-refractivity contribution is 1.05. The number of aromatic nitrogens is 3. The summed E-state index contributed by atoms with van der Waals surface area (Å²) < 4.78 is 0.752. The molecule has 0 unspecified atom stereocenters. The zero-order chi connectivity index (χ0) is 6.97. The van der Waals surface area contributed by atoms with Crippen molar-refractivity contribution in [3.05, 3.63) is 22.9 Å². The van der Waals surface area contributed by atoms with E-state index in [9.17, 15) is 0 Å². The Morgan fingerprint density at radius 1 is 1.40 bits per heavy atom. The summed E-state index contributed by atoms with van der Waals surface area (Å²) in [5.74, 6) is 0. The Morgan fingerprint density at radius 2 is 2.30 bits per heavy atom. The van der Waals surface area contributed by atoms with Gasteiger partial charge in [-0.15, -0.1) is 10.2 Å². The quantitative estimate of drug-likeness (QED) is 0.700. The molecule has 0 aliphatic rings. The van der Waals surface area contributed by atoms with E-state index in [1.54, 1.807) is 0 Å². The van der Waals surface area contributed by atoms with Crippen LogP contribution in [0.25, 0.3) is 11.0 Å². The Balaban J connectivity index is 2.86. The largest absolute Gasteiger partial charge is 0.360 e. The van der Waals surface area contributed by atoms with Crippen molar-refractivity contribution in [1.82, 2.24) is 15.2 Å². The standard InChI is InChI=1S/C6H4BrN3/c7-6-3-5-4(9-10-6)1-2-8-5/h1-3,8H. The minimum atomic E-state index is 0.752. The Morgan fingerprint density at radius 3 is 3.20 bits per heavy atom. The number of halogens is 1. The molecule has 4 heteroatoms. The van der Waals surface area contributed by atoms with Crippen LogP contribution in [0.1, 0.15) is 0 Å². The molecule has 3 nitrogen and oxygen atoms in total. The van der Waals surface area contributed by atoms with Crippen molar-refractivity contribution in [1.29, 1.82) is 0 Å². The number of aromatic amines is 1. The van der Waals surface area contributed by atoms with Crippen LogP contribution in [0, 0.1) is 0 Å². The molecule has 10 heavy (non-hydrogen) atoms. The first kappa shape index (κ1) is 5.85. The summed E-state index contributed by atoms with van der Waals surface area (Å²) in [6, 6.07) is 3.77. The highest BCUT2D eigenvalue weighted by molar-refractivity contribution is 9.10. The zero-order valence-corrected chi connectivity index (χ0v) is 6.59. The summed E-state index contributed by atoms with van der Waals surface area (Å²) in [5.41, 5.74) is 1.89. The summed E-state index contributed by atoms with van der Waals surface area (Å²) in [6.07, 6.45) is 1.84. The van der Waals surface area contributed by atoms with Crippen LogP contribution in [0.15, 0.2) is 22.9 Å². The van der Waals surface area contributed by atoms with Crippen LogP contribution in [0.3, 0.4) is 0 Å². The van der Waals surface area contributed by atoms with E-state index in [2.05, 4.69) is 31.1 Å². The van der Waals surface area contributed by atoms with Crippen LogP contribution in [0.4, 0.5) is 0 Å². The van der Waals surface area contributed by atoms with Crippen LogP contribution in [-0.4, -0.2) is 15.2 Å². The average molecular weight is 198 g/mol. The third-order valence-corrected chi connectivity index (χ3v) is 1.66. The minimum absolute atomic E-state index is 0.752. The summed E-state index contributed by atoms with van der Waals surface area (Å²) in [5, 5.41) is 7.74. The first-order valence-corrected chi connectivity index (χ1v) is 3.62. The predicted molar refractivity (Wildman–Crippen MR) is 41.6 cm³/mol. The van der Waals surface area contributed by atoms with Gasteiger partial charge in [-0.1, -0.05) is 0 Å². The third-order valence-electron chi connectivity index (χ3n) is 1.27. The highest BCUT2D eigenvalue weighted by Gasteiger charge is 1.95. The maximum Gasteiger partial charge on any atom is 0.130 e. The van der Waals surface area contributed by atoms with Gasteiger partial charge in [-0.25, -0.2) is 0 Å². The molecule has 0 saturated carbocycles. The first-order valence-electron chi connectivity index (χ1n) is 2.82. The molecule has 0 spiro atoms. The van der Waals surface area contributed by atoms with Crippen molar-refractivity contribution in [3.8, 4) is 0 Å². The molecule has 2 aromatic rings. The van der Waals surface area contributed by atoms with Crippen molar-refractivity contribution in [2.24, 2.45) is 0 Å². The Kier molecular flexibility index (Phi) is 1.20. The van der Waals surface area contributed by atoms with Gasteiger partial charge in [0.1, 0.15) is 10.1 Å².